The van der Waals surface area contributed by atoms with Gasteiger partial charge in [-0.3, -0.25) is 0 Å². The van der Waals surface area contributed by atoms with Crippen molar-refractivity contribution in [1.82, 2.24) is 15.5 Å². The first-order valence-electron chi connectivity index (χ1n) is 5.85. The number of benzene rings is 1. The lowest BCUT2D eigenvalue weighted by Gasteiger charge is -2.19. The number of nitrogens with zero attached hydrogens (tertiary/aromatic N) is 2. The molecule has 7 heteroatoms. The lowest BCUT2D eigenvalue weighted by atomic mass is 10.2. The molecule has 1 aliphatic heterocycles. The van der Waals surface area contributed by atoms with Gasteiger partial charge < -0.3 is 14.6 Å². The second kappa shape index (κ2) is 5.02. The largest absolute Gasteiger partial charge is 0.366 e. The predicted octanol–water partition coefficient (Wildman–Crippen LogP) is 1.68. The summed E-state index contributed by atoms with van der Waals surface area (Å²) < 4.78 is 36.5. The maximum Gasteiger partial charge on any atom is 0.257 e. The fourth-order valence-electron chi connectivity index (χ4n) is 1.84. The fraction of sp³-hybridized carbons (Fsp3) is 0.333. The van der Waals surface area contributed by atoms with Crippen LogP contribution in [0.15, 0.2) is 22.7 Å². The summed E-state index contributed by atoms with van der Waals surface area (Å²) in [6.07, 6.45) is -0.305. The Bertz CT molecular complexity index is 582. The van der Waals surface area contributed by atoms with Crippen LogP contribution in [0, 0.1) is 11.6 Å². The normalized spacial score (nSPS) is 19.6. The Morgan fingerprint density at radius 2 is 2.16 bits per heavy atom. The summed E-state index contributed by atoms with van der Waals surface area (Å²) in [4.78, 5) is 4.14. The zero-order valence-electron chi connectivity index (χ0n) is 9.90. The van der Waals surface area contributed by atoms with Crippen molar-refractivity contribution in [2.45, 2.75) is 6.10 Å². The molecule has 1 atom stereocenters. The SMILES string of the molecule is Fc1ccc(-c2noc([C@@H]3CNCCO3)n2)cc1F. The molecule has 0 amide bonds. The third kappa shape index (κ3) is 2.47. The van der Waals surface area contributed by atoms with E-state index in [9.17, 15) is 8.78 Å². The average molecular weight is 267 g/mol. The summed E-state index contributed by atoms with van der Waals surface area (Å²) in [5, 5.41) is 6.89. The standard InChI is InChI=1S/C12H11F2N3O2/c13-8-2-1-7(5-9(8)14)11-16-12(19-17-11)10-6-15-3-4-18-10/h1-2,5,10,15H,3-4,6H2/t10-/m0/s1. The third-order valence-electron chi connectivity index (χ3n) is 2.82. The Hall–Kier alpha value is -1.86. The van der Waals surface area contributed by atoms with E-state index in [4.69, 9.17) is 9.26 Å². The van der Waals surface area contributed by atoms with Gasteiger partial charge in [-0.1, -0.05) is 5.16 Å². The van der Waals surface area contributed by atoms with Crippen LogP contribution in [-0.2, 0) is 4.74 Å². The zero-order chi connectivity index (χ0) is 13.2. The summed E-state index contributed by atoms with van der Waals surface area (Å²) in [5.41, 5.74) is 0.359. The molecule has 1 fully saturated rings. The Morgan fingerprint density at radius 3 is 2.89 bits per heavy atom. The molecule has 0 unspecified atom stereocenters. The van der Waals surface area contributed by atoms with Crippen LogP contribution in [-0.4, -0.2) is 29.8 Å². The van der Waals surface area contributed by atoms with E-state index in [0.29, 0.717) is 24.6 Å². The Labute approximate surface area is 107 Å². The smallest absolute Gasteiger partial charge is 0.257 e. The van der Waals surface area contributed by atoms with Crippen LogP contribution < -0.4 is 5.32 Å². The minimum atomic E-state index is -0.945. The van der Waals surface area contributed by atoms with Crippen LogP contribution in [0.4, 0.5) is 8.78 Å². The highest BCUT2D eigenvalue weighted by atomic mass is 19.2. The van der Waals surface area contributed by atoms with Crippen LogP contribution >= 0.6 is 0 Å². The highest BCUT2D eigenvalue weighted by Gasteiger charge is 2.22. The molecule has 0 bridgehead atoms. The van der Waals surface area contributed by atoms with Crippen molar-refractivity contribution in [1.29, 1.82) is 0 Å². The molecule has 3 rings (SSSR count). The molecule has 1 N–H and O–H groups in total. The topological polar surface area (TPSA) is 60.2 Å². The van der Waals surface area contributed by atoms with E-state index in [1.807, 2.05) is 0 Å². The Balaban J connectivity index is 1.85. The van der Waals surface area contributed by atoms with E-state index in [1.165, 1.54) is 6.07 Å². The van der Waals surface area contributed by atoms with E-state index in [2.05, 4.69) is 15.5 Å². The molecule has 0 radical (unpaired) electrons. The van der Waals surface area contributed by atoms with Gasteiger partial charge in [-0.15, -0.1) is 0 Å². The third-order valence-corrected chi connectivity index (χ3v) is 2.82. The number of hydrogen-bond donors (Lipinski definition) is 1. The molecular formula is C12H11F2N3O2. The highest BCUT2D eigenvalue weighted by molar-refractivity contribution is 5.54. The van der Waals surface area contributed by atoms with Crippen molar-refractivity contribution in [2.75, 3.05) is 19.7 Å². The number of aromatic nitrogens is 2. The fourth-order valence-corrected chi connectivity index (χ4v) is 1.84. The highest BCUT2D eigenvalue weighted by Crippen LogP contribution is 2.22. The molecule has 5 nitrogen and oxygen atoms in total. The summed E-state index contributed by atoms with van der Waals surface area (Å²) in [7, 11) is 0. The molecule has 19 heavy (non-hydrogen) atoms. The number of ether oxygens (including phenoxy) is 1. The van der Waals surface area contributed by atoms with E-state index >= 15 is 0 Å². The van der Waals surface area contributed by atoms with Gasteiger partial charge in [0.1, 0.15) is 6.10 Å². The van der Waals surface area contributed by atoms with Crippen molar-refractivity contribution < 1.29 is 18.0 Å². The van der Waals surface area contributed by atoms with Gasteiger partial charge >= 0.3 is 0 Å². The van der Waals surface area contributed by atoms with Crippen LogP contribution in [0.2, 0.25) is 0 Å². The molecule has 1 saturated heterocycles. The van der Waals surface area contributed by atoms with E-state index in [-0.39, 0.29) is 11.9 Å². The summed E-state index contributed by atoms with van der Waals surface area (Å²) in [6.45, 7) is 1.92. The molecule has 0 saturated carbocycles. The second-order valence-electron chi connectivity index (χ2n) is 4.15. The minimum Gasteiger partial charge on any atom is -0.366 e. The van der Waals surface area contributed by atoms with Crippen molar-refractivity contribution in [3.63, 3.8) is 0 Å². The van der Waals surface area contributed by atoms with E-state index in [1.54, 1.807) is 0 Å². The quantitative estimate of drug-likeness (QED) is 0.897. The van der Waals surface area contributed by atoms with Crippen LogP contribution in [0.5, 0.6) is 0 Å². The number of nitrogens with one attached hydrogen (secondary N) is 1. The summed E-state index contributed by atoms with van der Waals surface area (Å²) in [6, 6.07) is 3.45. The molecule has 1 aliphatic rings. The first-order chi connectivity index (χ1) is 9.24. The van der Waals surface area contributed by atoms with Crippen LogP contribution in [0.3, 0.4) is 0 Å². The second-order valence-corrected chi connectivity index (χ2v) is 4.15. The molecular weight excluding hydrogens is 256 g/mol. The summed E-state index contributed by atoms with van der Waals surface area (Å²) in [5.74, 6) is -1.32. The molecule has 2 aromatic rings. The number of halogens is 2. The maximum absolute atomic E-state index is 13.1. The average Bonchev–Trinajstić information content (AvgIpc) is 2.93. The minimum absolute atomic E-state index is 0.211. The number of hydrogen-bond acceptors (Lipinski definition) is 5. The predicted molar refractivity (Wildman–Crippen MR) is 61.2 cm³/mol. The maximum atomic E-state index is 13.1. The summed E-state index contributed by atoms with van der Waals surface area (Å²) >= 11 is 0. The zero-order valence-corrected chi connectivity index (χ0v) is 9.90. The molecule has 2 heterocycles. The first-order valence-corrected chi connectivity index (χ1v) is 5.85. The molecule has 100 valence electrons. The Kier molecular flexibility index (Phi) is 3.22. The molecule has 1 aromatic heterocycles. The van der Waals surface area contributed by atoms with Crippen molar-refractivity contribution >= 4 is 0 Å². The van der Waals surface area contributed by atoms with E-state index in [0.717, 1.165) is 18.7 Å². The van der Waals surface area contributed by atoms with Gasteiger partial charge in [0.25, 0.3) is 5.89 Å². The van der Waals surface area contributed by atoms with Crippen LogP contribution in [0.25, 0.3) is 11.4 Å². The molecule has 0 spiro atoms. The van der Waals surface area contributed by atoms with Gasteiger partial charge in [0, 0.05) is 18.7 Å². The molecule has 0 aliphatic carbocycles. The number of morpholine rings is 1. The van der Waals surface area contributed by atoms with E-state index < -0.39 is 11.6 Å². The molecule has 1 aromatic carbocycles. The lowest BCUT2D eigenvalue weighted by Crippen LogP contribution is -2.33. The monoisotopic (exact) mass is 267 g/mol. The Morgan fingerprint density at radius 1 is 1.26 bits per heavy atom. The van der Waals surface area contributed by atoms with Gasteiger partial charge in [0.15, 0.2) is 11.6 Å². The van der Waals surface area contributed by atoms with Crippen LogP contribution in [0.1, 0.15) is 12.0 Å². The van der Waals surface area contributed by atoms with Crippen molar-refractivity contribution in [3.8, 4) is 11.4 Å². The first kappa shape index (κ1) is 12.2. The van der Waals surface area contributed by atoms with Gasteiger partial charge in [0.05, 0.1) is 6.61 Å². The van der Waals surface area contributed by atoms with Gasteiger partial charge in [0.2, 0.25) is 5.82 Å². The van der Waals surface area contributed by atoms with Crippen molar-refractivity contribution in [2.24, 2.45) is 0 Å². The van der Waals surface area contributed by atoms with Gasteiger partial charge in [-0.05, 0) is 18.2 Å². The van der Waals surface area contributed by atoms with Gasteiger partial charge in [-0.25, -0.2) is 8.78 Å². The van der Waals surface area contributed by atoms with Crippen molar-refractivity contribution in [3.05, 3.63) is 35.7 Å². The van der Waals surface area contributed by atoms with Gasteiger partial charge in [-0.2, -0.15) is 4.98 Å². The lowest BCUT2D eigenvalue weighted by molar-refractivity contribution is 0.00755. The number of rotatable bonds is 2.